The van der Waals surface area contributed by atoms with E-state index in [1.807, 2.05) is 31.5 Å². The van der Waals surface area contributed by atoms with Crippen molar-refractivity contribution < 1.29 is 0 Å². The van der Waals surface area contributed by atoms with Gasteiger partial charge in [0.05, 0.1) is 0 Å². The maximum atomic E-state index is 5.60. The second-order valence-electron chi connectivity index (χ2n) is 3.22. The topological polar surface area (TPSA) is 51.8 Å². The van der Waals surface area contributed by atoms with Crippen LogP contribution in [0, 0.1) is 6.92 Å². The van der Waals surface area contributed by atoms with Crippen LogP contribution in [0.5, 0.6) is 0 Å². The Balaban J connectivity index is 2.49. The lowest BCUT2D eigenvalue weighted by Crippen LogP contribution is -1.90. The molecule has 2 aromatic heterocycles. The molecule has 2 heterocycles. The lowest BCUT2D eigenvalue weighted by molar-refractivity contribution is 1.26. The van der Waals surface area contributed by atoms with Gasteiger partial charge in [-0.2, -0.15) is 0 Å². The third kappa shape index (κ3) is 1.71. The molecule has 0 spiro atoms. The van der Waals surface area contributed by atoms with E-state index >= 15 is 0 Å². The zero-order chi connectivity index (χ0) is 9.97. The summed E-state index contributed by atoms with van der Waals surface area (Å²) in [5.74, 6) is 0.531. The van der Waals surface area contributed by atoms with Gasteiger partial charge in [0, 0.05) is 24.2 Å². The monoisotopic (exact) mass is 185 g/mol. The number of rotatable bonds is 1. The fraction of sp³-hybridized carbons (Fsp3) is 0.0909. The standard InChI is InChI=1S/C11H11N3/c1-8-4-10(7-13-6-8)9-2-3-14-11(12)5-9/h2-7H,1H3,(H2,12,14). The SMILES string of the molecule is Cc1cncc(-c2ccnc(N)c2)c1. The maximum absolute atomic E-state index is 5.60. The molecule has 0 radical (unpaired) electrons. The Hall–Kier alpha value is -1.90. The quantitative estimate of drug-likeness (QED) is 0.739. The van der Waals surface area contributed by atoms with Gasteiger partial charge < -0.3 is 5.73 Å². The minimum atomic E-state index is 0.531. The van der Waals surface area contributed by atoms with Gasteiger partial charge in [0.1, 0.15) is 5.82 Å². The molecular weight excluding hydrogens is 174 g/mol. The third-order valence-electron chi connectivity index (χ3n) is 1.99. The van der Waals surface area contributed by atoms with E-state index in [1.54, 1.807) is 6.20 Å². The van der Waals surface area contributed by atoms with Gasteiger partial charge in [0.15, 0.2) is 0 Å². The summed E-state index contributed by atoms with van der Waals surface area (Å²) in [6.45, 7) is 2.01. The van der Waals surface area contributed by atoms with Crippen LogP contribution in [0.25, 0.3) is 11.1 Å². The molecule has 0 aliphatic rings. The van der Waals surface area contributed by atoms with Crippen molar-refractivity contribution in [1.29, 1.82) is 0 Å². The van der Waals surface area contributed by atoms with Crippen molar-refractivity contribution in [3.8, 4) is 11.1 Å². The van der Waals surface area contributed by atoms with Crippen LogP contribution in [-0.2, 0) is 0 Å². The first kappa shape index (κ1) is 8.69. The van der Waals surface area contributed by atoms with E-state index < -0.39 is 0 Å². The molecule has 3 nitrogen and oxygen atoms in total. The van der Waals surface area contributed by atoms with Crippen LogP contribution < -0.4 is 5.73 Å². The van der Waals surface area contributed by atoms with E-state index in [0.717, 1.165) is 16.7 Å². The molecule has 0 saturated heterocycles. The van der Waals surface area contributed by atoms with E-state index in [1.165, 1.54) is 0 Å². The molecule has 0 aliphatic heterocycles. The van der Waals surface area contributed by atoms with E-state index in [4.69, 9.17) is 5.73 Å². The minimum absolute atomic E-state index is 0.531. The summed E-state index contributed by atoms with van der Waals surface area (Å²) < 4.78 is 0. The van der Waals surface area contributed by atoms with Crippen molar-refractivity contribution in [1.82, 2.24) is 9.97 Å². The predicted octanol–water partition coefficient (Wildman–Crippen LogP) is 2.03. The van der Waals surface area contributed by atoms with E-state index in [2.05, 4.69) is 16.0 Å². The zero-order valence-electron chi connectivity index (χ0n) is 7.94. The van der Waals surface area contributed by atoms with Crippen molar-refractivity contribution in [3.05, 3.63) is 42.4 Å². The average Bonchev–Trinajstić information content (AvgIpc) is 2.18. The number of hydrogen-bond donors (Lipinski definition) is 1. The number of nitrogen functional groups attached to an aromatic ring is 1. The molecule has 70 valence electrons. The summed E-state index contributed by atoms with van der Waals surface area (Å²) in [5.41, 5.74) is 8.86. The highest BCUT2D eigenvalue weighted by Crippen LogP contribution is 2.19. The van der Waals surface area contributed by atoms with Crippen LogP contribution in [0.2, 0.25) is 0 Å². The van der Waals surface area contributed by atoms with Gasteiger partial charge >= 0.3 is 0 Å². The Kier molecular flexibility index (Phi) is 2.14. The van der Waals surface area contributed by atoms with E-state index in [0.29, 0.717) is 5.82 Å². The highest BCUT2D eigenvalue weighted by Gasteiger charge is 1.98. The van der Waals surface area contributed by atoms with Crippen LogP contribution in [0.3, 0.4) is 0 Å². The average molecular weight is 185 g/mol. The fourth-order valence-electron chi connectivity index (χ4n) is 1.34. The number of aromatic nitrogens is 2. The summed E-state index contributed by atoms with van der Waals surface area (Å²) in [7, 11) is 0. The van der Waals surface area contributed by atoms with Crippen molar-refractivity contribution in [2.24, 2.45) is 0 Å². The van der Waals surface area contributed by atoms with Crippen molar-refractivity contribution >= 4 is 5.82 Å². The molecule has 0 saturated carbocycles. The lowest BCUT2D eigenvalue weighted by atomic mass is 10.1. The van der Waals surface area contributed by atoms with Gasteiger partial charge in [-0.3, -0.25) is 4.98 Å². The third-order valence-corrected chi connectivity index (χ3v) is 1.99. The number of anilines is 1. The number of nitrogens with zero attached hydrogens (tertiary/aromatic N) is 2. The second kappa shape index (κ2) is 3.46. The summed E-state index contributed by atoms with van der Waals surface area (Å²) in [5, 5.41) is 0. The Labute approximate surface area is 82.6 Å². The molecule has 0 bridgehead atoms. The molecule has 0 unspecified atom stereocenters. The zero-order valence-corrected chi connectivity index (χ0v) is 7.94. The number of hydrogen-bond acceptors (Lipinski definition) is 3. The number of pyridine rings is 2. The van der Waals surface area contributed by atoms with Gasteiger partial charge in [-0.25, -0.2) is 4.98 Å². The molecule has 3 heteroatoms. The summed E-state index contributed by atoms with van der Waals surface area (Å²) in [6, 6.07) is 5.84. The smallest absolute Gasteiger partial charge is 0.123 e. The van der Waals surface area contributed by atoms with Crippen LogP contribution in [0.1, 0.15) is 5.56 Å². The molecule has 2 N–H and O–H groups in total. The summed E-state index contributed by atoms with van der Waals surface area (Å²) >= 11 is 0. The fourth-order valence-corrected chi connectivity index (χ4v) is 1.34. The number of nitrogens with two attached hydrogens (primary N) is 1. The Morgan fingerprint density at radius 1 is 1.14 bits per heavy atom. The first-order valence-electron chi connectivity index (χ1n) is 4.39. The molecule has 2 rings (SSSR count). The van der Waals surface area contributed by atoms with Crippen LogP contribution in [0.4, 0.5) is 5.82 Å². The largest absolute Gasteiger partial charge is 0.384 e. The Bertz CT molecular complexity index is 408. The number of aryl methyl sites for hydroxylation is 1. The van der Waals surface area contributed by atoms with Crippen molar-refractivity contribution in [2.75, 3.05) is 5.73 Å². The highest BCUT2D eigenvalue weighted by molar-refractivity contribution is 5.65. The highest BCUT2D eigenvalue weighted by atomic mass is 14.8. The minimum Gasteiger partial charge on any atom is -0.384 e. The molecule has 14 heavy (non-hydrogen) atoms. The normalized spacial score (nSPS) is 10.1. The van der Waals surface area contributed by atoms with Gasteiger partial charge in [-0.05, 0) is 36.2 Å². The Morgan fingerprint density at radius 2 is 2.00 bits per heavy atom. The molecule has 0 aliphatic carbocycles. The molecule has 0 aromatic carbocycles. The van der Waals surface area contributed by atoms with Gasteiger partial charge in [0.2, 0.25) is 0 Å². The van der Waals surface area contributed by atoms with Crippen LogP contribution in [-0.4, -0.2) is 9.97 Å². The maximum Gasteiger partial charge on any atom is 0.123 e. The van der Waals surface area contributed by atoms with Crippen molar-refractivity contribution in [3.63, 3.8) is 0 Å². The summed E-state index contributed by atoms with van der Waals surface area (Å²) in [6.07, 6.45) is 5.35. The molecule has 2 aromatic rings. The second-order valence-corrected chi connectivity index (χ2v) is 3.22. The Morgan fingerprint density at radius 3 is 2.71 bits per heavy atom. The lowest BCUT2D eigenvalue weighted by Gasteiger charge is -2.02. The van der Waals surface area contributed by atoms with Gasteiger partial charge in [-0.15, -0.1) is 0 Å². The molecule has 0 atom stereocenters. The first-order chi connectivity index (χ1) is 6.75. The van der Waals surface area contributed by atoms with Crippen molar-refractivity contribution in [2.45, 2.75) is 6.92 Å². The van der Waals surface area contributed by atoms with E-state index in [9.17, 15) is 0 Å². The predicted molar refractivity (Wildman–Crippen MR) is 56.6 cm³/mol. The van der Waals surface area contributed by atoms with Gasteiger partial charge in [0.25, 0.3) is 0 Å². The van der Waals surface area contributed by atoms with Crippen LogP contribution in [0.15, 0.2) is 36.8 Å². The molecule has 0 fully saturated rings. The molecular formula is C11H11N3. The van der Waals surface area contributed by atoms with E-state index in [-0.39, 0.29) is 0 Å². The molecule has 0 amide bonds. The van der Waals surface area contributed by atoms with Crippen LogP contribution >= 0.6 is 0 Å². The van der Waals surface area contributed by atoms with Gasteiger partial charge in [-0.1, -0.05) is 0 Å². The summed E-state index contributed by atoms with van der Waals surface area (Å²) in [4.78, 5) is 8.07. The first-order valence-corrected chi connectivity index (χ1v) is 4.39.